The maximum Gasteiger partial charge on any atom is 0.246 e. The molecule has 0 radical (unpaired) electrons. The van der Waals surface area contributed by atoms with Gasteiger partial charge in [0.25, 0.3) is 0 Å². The highest BCUT2D eigenvalue weighted by molar-refractivity contribution is 6.42. The first kappa shape index (κ1) is 54.7. The lowest BCUT2D eigenvalue weighted by Crippen LogP contribution is -2.56. The summed E-state index contributed by atoms with van der Waals surface area (Å²) in [6, 6.07) is 23.5. The summed E-state index contributed by atoms with van der Waals surface area (Å²) in [7, 11) is 7.18. The number of hydrogen-bond donors (Lipinski definition) is 6. The lowest BCUT2D eigenvalue weighted by molar-refractivity contribution is -0.142. The quantitative estimate of drug-likeness (QED) is 0.0270. The summed E-state index contributed by atoms with van der Waals surface area (Å²) in [6.45, 7) is 1.08. The number of hydrogen-bond acceptors (Lipinski definition) is 8. The van der Waals surface area contributed by atoms with Crippen LogP contribution in [0, 0.1) is 0 Å². The Morgan fingerprint density at radius 2 is 1.19 bits per heavy atom. The second-order valence-corrected chi connectivity index (χ2v) is 17.9. The fourth-order valence-corrected chi connectivity index (χ4v) is 7.30. The Hall–Kier alpha value is -5.91. The fraction of sp³-hybridized carbons (Fsp3) is 0.354. The number of carbonyl (C=O) groups excluding carboxylic acids is 5. The number of ketones is 1. The molecule has 16 nitrogen and oxygen atoms in total. The molecule has 364 valence electrons. The van der Waals surface area contributed by atoms with E-state index in [0.717, 1.165) is 11.1 Å². The largest absolute Gasteiger partial charge is 0.370 e. The summed E-state index contributed by atoms with van der Waals surface area (Å²) in [4.78, 5) is 79.1. The van der Waals surface area contributed by atoms with Gasteiger partial charge in [0.2, 0.25) is 23.6 Å². The Labute approximate surface area is 417 Å². The van der Waals surface area contributed by atoms with E-state index < -0.39 is 29.9 Å². The number of carbonyl (C=O) groups is 5. The minimum Gasteiger partial charge on any atom is -0.370 e. The molecule has 4 aromatic rings. The number of benzene rings is 4. The first-order chi connectivity index (χ1) is 32.3. The zero-order valence-electron chi connectivity index (χ0n) is 38.5. The number of anilines is 2. The average Bonchev–Trinajstić information content (AvgIpc) is 3.32. The number of amides is 4. The van der Waals surface area contributed by atoms with Crippen LogP contribution in [0.1, 0.15) is 60.0 Å². The van der Waals surface area contributed by atoms with E-state index in [-0.39, 0.29) is 54.8 Å². The Bertz CT molecular complexity index is 2440. The van der Waals surface area contributed by atoms with Gasteiger partial charge in [0.05, 0.1) is 26.1 Å². The lowest BCUT2D eigenvalue weighted by Gasteiger charge is -2.37. The molecule has 0 saturated carbocycles. The molecule has 4 aromatic carbocycles. The van der Waals surface area contributed by atoms with Gasteiger partial charge in [0, 0.05) is 84.0 Å². The Balaban J connectivity index is 0.000000384. The SMILES string of the molecule is CN(C)C(N)=NCCC[C@H](N)C(=O)Nc1ccc(Cl)c(Cl)c1.CN(C)C(N)=NCCC[C@H](NC(=O)[C@@H]1Cc2ccccc2CN1C(=O)CCC(=O)c1ccccc1)C(=O)Nc1ccc(Cl)c(Cl)c1. The van der Waals surface area contributed by atoms with Crippen molar-refractivity contribution in [3.05, 3.63) is 128 Å². The summed E-state index contributed by atoms with van der Waals surface area (Å²) in [5.41, 5.74) is 20.8. The Kier molecular flexibility index (Phi) is 21.9. The number of Topliss-reactive ketones (excluding diaryl/α,β-unsaturated/α-hetero) is 1. The molecule has 68 heavy (non-hydrogen) atoms. The second-order valence-electron chi connectivity index (χ2n) is 16.3. The number of nitrogens with two attached hydrogens (primary N) is 3. The number of nitrogens with one attached hydrogen (secondary N) is 3. The van der Waals surface area contributed by atoms with Crippen LogP contribution < -0.4 is 33.2 Å². The van der Waals surface area contributed by atoms with Crippen molar-refractivity contribution >= 4 is 99.1 Å². The van der Waals surface area contributed by atoms with Crippen molar-refractivity contribution in [1.82, 2.24) is 20.0 Å². The van der Waals surface area contributed by atoms with E-state index in [1.54, 1.807) is 78.5 Å². The third-order valence-electron chi connectivity index (χ3n) is 10.7. The maximum atomic E-state index is 13.9. The summed E-state index contributed by atoms with van der Waals surface area (Å²) in [5, 5.41) is 9.81. The van der Waals surface area contributed by atoms with Crippen LogP contribution in [0.5, 0.6) is 0 Å². The van der Waals surface area contributed by atoms with Crippen molar-refractivity contribution in [2.45, 2.75) is 69.6 Å². The number of halogens is 4. The number of aliphatic imine (C=N–C) groups is 2. The first-order valence-electron chi connectivity index (χ1n) is 21.8. The van der Waals surface area contributed by atoms with Crippen molar-refractivity contribution in [1.29, 1.82) is 0 Å². The van der Waals surface area contributed by atoms with Crippen molar-refractivity contribution in [2.75, 3.05) is 51.9 Å². The molecule has 9 N–H and O–H groups in total. The van der Waals surface area contributed by atoms with Gasteiger partial charge >= 0.3 is 0 Å². The van der Waals surface area contributed by atoms with Crippen molar-refractivity contribution in [2.24, 2.45) is 27.2 Å². The predicted octanol–water partition coefficient (Wildman–Crippen LogP) is 6.61. The van der Waals surface area contributed by atoms with Gasteiger partial charge in [-0.2, -0.15) is 0 Å². The van der Waals surface area contributed by atoms with Crippen LogP contribution in [0.4, 0.5) is 11.4 Å². The highest BCUT2D eigenvalue weighted by Crippen LogP contribution is 2.28. The highest BCUT2D eigenvalue weighted by Gasteiger charge is 2.36. The summed E-state index contributed by atoms with van der Waals surface area (Å²) in [5.74, 6) is -0.867. The summed E-state index contributed by atoms with van der Waals surface area (Å²) >= 11 is 23.9. The van der Waals surface area contributed by atoms with Crippen LogP contribution in [0.2, 0.25) is 20.1 Å². The zero-order valence-corrected chi connectivity index (χ0v) is 41.5. The van der Waals surface area contributed by atoms with Gasteiger partial charge in [-0.3, -0.25) is 34.0 Å². The molecule has 1 heterocycles. The smallest absolute Gasteiger partial charge is 0.246 e. The molecule has 5 rings (SSSR count). The maximum absolute atomic E-state index is 13.9. The second kappa shape index (κ2) is 27.2. The van der Waals surface area contributed by atoms with Gasteiger partial charge in [0.15, 0.2) is 17.7 Å². The minimum absolute atomic E-state index is 0.0145. The van der Waals surface area contributed by atoms with Crippen molar-refractivity contribution < 1.29 is 24.0 Å². The number of fused-ring (bicyclic) bond motifs is 1. The van der Waals surface area contributed by atoms with E-state index >= 15 is 0 Å². The zero-order chi connectivity index (χ0) is 49.9. The van der Waals surface area contributed by atoms with Crippen LogP contribution in [0.3, 0.4) is 0 Å². The van der Waals surface area contributed by atoms with Gasteiger partial charge in [-0.05, 0) is 73.2 Å². The normalized spacial score (nSPS) is 14.3. The molecule has 0 aromatic heterocycles. The third-order valence-corrected chi connectivity index (χ3v) is 12.1. The van der Waals surface area contributed by atoms with Crippen LogP contribution in [0.15, 0.2) is 101 Å². The number of nitrogens with zero attached hydrogens (tertiary/aromatic N) is 5. The lowest BCUT2D eigenvalue weighted by atomic mass is 9.92. The molecule has 0 aliphatic carbocycles. The monoisotopic (exact) mass is 1010 g/mol. The Morgan fingerprint density at radius 3 is 1.74 bits per heavy atom. The molecule has 0 bridgehead atoms. The number of guanidine groups is 2. The molecular formula is C48H59Cl4N11O5. The van der Waals surface area contributed by atoms with Crippen molar-refractivity contribution in [3.8, 4) is 0 Å². The van der Waals surface area contributed by atoms with E-state index in [2.05, 4.69) is 25.9 Å². The van der Waals surface area contributed by atoms with E-state index in [4.69, 9.17) is 63.6 Å². The number of rotatable bonds is 18. The van der Waals surface area contributed by atoms with Gasteiger partial charge in [0.1, 0.15) is 12.1 Å². The summed E-state index contributed by atoms with van der Waals surface area (Å²) < 4.78 is 0. The molecular weight excluding hydrogens is 952 g/mol. The van der Waals surface area contributed by atoms with Crippen LogP contribution >= 0.6 is 46.4 Å². The molecule has 1 aliphatic heterocycles. The molecule has 0 saturated heterocycles. The highest BCUT2D eigenvalue weighted by atomic mass is 35.5. The molecule has 4 amide bonds. The van der Waals surface area contributed by atoms with E-state index in [9.17, 15) is 24.0 Å². The summed E-state index contributed by atoms with van der Waals surface area (Å²) in [6.07, 6.45) is 2.12. The fourth-order valence-electron chi connectivity index (χ4n) is 6.71. The van der Waals surface area contributed by atoms with E-state index in [0.29, 0.717) is 76.3 Å². The van der Waals surface area contributed by atoms with Gasteiger partial charge in [-0.15, -0.1) is 0 Å². The van der Waals surface area contributed by atoms with Crippen LogP contribution in [-0.2, 0) is 32.1 Å². The topological polar surface area (TPSA) is 234 Å². The van der Waals surface area contributed by atoms with Gasteiger partial charge < -0.3 is 47.9 Å². The molecule has 0 unspecified atom stereocenters. The predicted molar refractivity (Wildman–Crippen MR) is 273 cm³/mol. The molecule has 1 aliphatic rings. The van der Waals surface area contributed by atoms with Gasteiger partial charge in [-0.25, -0.2) is 0 Å². The molecule has 20 heteroatoms. The van der Waals surface area contributed by atoms with Crippen molar-refractivity contribution in [3.63, 3.8) is 0 Å². The average molecular weight is 1010 g/mol. The molecule has 0 fully saturated rings. The molecule has 0 spiro atoms. The third kappa shape index (κ3) is 17.3. The van der Waals surface area contributed by atoms with Crippen LogP contribution in [-0.4, -0.2) is 115 Å². The van der Waals surface area contributed by atoms with Gasteiger partial charge in [-0.1, -0.05) is 101 Å². The van der Waals surface area contributed by atoms with E-state index in [1.165, 1.54) is 11.0 Å². The van der Waals surface area contributed by atoms with E-state index in [1.807, 2.05) is 44.4 Å². The molecule has 3 atom stereocenters. The first-order valence-corrected chi connectivity index (χ1v) is 23.3. The minimum atomic E-state index is -0.952. The Morgan fingerprint density at radius 1 is 0.676 bits per heavy atom. The standard InChI is InChI=1S/C34H38Cl2N6O4.C14H21Cl2N5O/c1-41(2)34(37)38-18-8-13-28(32(45)39-25-14-15-26(35)27(36)20-25)40-33(46)29-19-23-11-6-7-12-24(23)21-42(29)31(44)17-16-30(43)22-9-4-3-5-10-22;1-21(2)14(18)19-7-3-4-12(17)13(22)20-9-5-6-10(15)11(16)8-9/h3-7,9-12,14-15,20,28-29H,8,13,16-19,21H2,1-2H3,(H2,37,38)(H,39,45)(H,40,46);5-6,8,12H,3-4,7,17H2,1-2H3,(H2,18,19)(H,20,22)/t28-,29-;12-/m00/s1. The van der Waals surface area contributed by atoms with Crippen LogP contribution in [0.25, 0.3) is 0 Å².